The lowest BCUT2D eigenvalue weighted by molar-refractivity contribution is -0.280. The van der Waals surface area contributed by atoms with Crippen LogP contribution in [0.2, 0.25) is 0 Å². The molecule has 2 saturated heterocycles. The molecule has 0 bridgehead atoms. The summed E-state index contributed by atoms with van der Waals surface area (Å²) in [6.07, 6.45) is -14.1. The average molecular weight is 980 g/mol. The van der Waals surface area contributed by atoms with Gasteiger partial charge < -0.3 is 69.8 Å². The zero-order valence-electron chi connectivity index (χ0n) is 33.9. The Kier molecular flexibility index (Phi) is 14.3. The summed E-state index contributed by atoms with van der Waals surface area (Å²) in [5.41, 5.74) is -2.16. The number of aromatic amines is 1. The number of hydrogen-bond acceptors (Lipinski definition) is 20. The molecule has 1 aromatic heterocycles. The molecule has 3 aliphatic heterocycles. The van der Waals surface area contributed by atoms with Crippen molar-refractivity contribution in [3.8, 4) is 28.2 Å². The highest BCUT2D eigenvalue weighted by molar-refractivity contribution is 7.61. The van der Waals surface area contributed by atoms with Gasteiger partial charge >= 0.3 is 27.3 Å². The number of aromatic nitrogens is 2. The molecular formula is C39H39N3O23P2. The lowest BCUT2D eigenvalue weighted by Gasteiger charge is -2.39. The molecule has 4 aliphatic rings. The fraction of sp³-hybridized carbons (Fsp3) is 0.308. The van der Waals surface area contributed by atoms with Gasteiger partial charge in [-0.3, -0.25) is 33.0 Å². The molecule has 3 aromatic rings. The van der Waals surface area contributed by atoms with Crippen molar-refractivity contribution in [2.24, 2.45) is 0 Å². The van der Waals surface area contributed by atoms with Crippen LogP contribution in [0, 0.1) is 0 Å². The summed E-state index contributed by atoms with van der Waals surface area (Å²) >= 11 is 0. The van der Waals surface area contributed by atoms with E-state index in [1.54, 1.807) is 0 Å². The number of nitrogens with one attached hydrogen (secondary N) is 2. The van der Waals surface area contributed by atoms with Crippen LogP contribution in [0.15, 0.2) is 85.7 Å². The Labute approximate surface area is 373 Å². The highest BCUT2D eigenvalue weighted by Gasteiger charge is 2.50. The zero-order valence-corrected chi connectivity index (χ0v) is 35.7. The van der Waals surface area contributed by atoms with Crippen LogP contribution in [0.1, 0.15) is 32.5 Å². The molecule has 0 spiro atoms. The molecule has 2 fully saturated rings. The zero-order chi connectivity index (χ0) is 48.7. The lowest BCUT2D eigenvalue weighted by Crippen LogP contribution is -2.58. The molecule has 0 saturated carbocycles. The van der Waals surface area contributed by atoms with Crippen LogP contribution < -0.4 is 22.0 Å². The summed E-state index contributed by atoms with van der Waals surface area (Å²) in [7, 11) is -11.4. The van der Waals surface area contributed by atoms with Gasteiger partial charge in [0.2, 0.25) is 0 Å². The van der Waals surface area contributed by atoms with Crippen LogP contribution in [0.3, 0.4) is 0 Å². The maximum atomic E-state index is 13.4. The number of nitrogens with zero attached hydrogens (tertiary/aromatic N) is 1. The number of ether oxygens (including phenoxy) is 2. The number of carbonyl (C=O) groups excluding carboxylic acids is 1. The first-order chi connectivity index (χ1) is 31.6. The number of phenolic OH excluding ortho intramolecular Hbond substituents is 1. The fourth-order valence-corrected chi connectivity index (χ4v) is 9.36. The van der Waals surface area contributed by atoms with Crippen molar-refractivity contribution in [3.63, 3.8) is 0 Å². The summed E-state index contributed by atoms with van der Waals surface area (Å²) in [6.45, 7) is -2.37. The molecule has 0 radical (unpaired) electrons. The van der Waals surface area contributed by atoms with E-state index in [2.05, 4.69) is 18.7 Å². The number of hydrogen-bond donors (Lipinski definition) is 12. The highest BCUT2D eigenvalue weighted by atomic mass is 31.3. The van der Waals surface area contributed by atoms with Crippen molar-refractivity contribution in [2.45, 2.75) is 55.2 Å². The third-order valence-corrected chi connectivity index (χ3v) is 13.0. The Balaban J connectivity index is 1.02. The molecule has 12 N–H and O–H groups in total. The Morgan fingerprint density at radius 2 is 1.58 bits per heavy atom. The van der Waals surface area contributed by atoms with Gasteiger partial charge in [-0.25, -0.2) is 18.7 Å². The minimum absolute atomic E-state index is 0.0125. The summed E-state index contributed by atoms with van der Waals surface area (Å²) in [5, 5.41) is 83.6. The minimum atomic E-state index is -5.73. The molecule has 1 aliphatic carbocycles. The van der Waals surface area contributed by atoms with Crippen LogP contribution in [0.5, 0.6) is 5.75 Å². The highest BCUT2D eigenvalue weighted by Crippen LogP contribution is 2.61. The van der Waals surface area contributed by atoms with Crippen LogP contribution in [-0.2, 0) is 32.0 Å². The molecule has 4 unspecified atom stereocenters. The smallest absolute Gasteiger partial charge is 0.483 e. The monoisotopic (exact) mass is 979 g/mol. The van der Waals surface area contributed by atoms with E-state index in [1.165, 1.54) is 60.7 Å². The third-order valence-electron chi connectivity index (χ3n) is 10.4. The molecular weight excluding hydrogens is 940 g/mol. The summed E-state index contributed by atoms with van der Waals surface area (Å²) in [6, 6.07) is 11.8. The van der Waals surface area contributed by atoms with Gasteiger partial charge in [0.25, 0.3) is 11.5 Å². The van der Waals surface area contributed by atoms with E-state index >= 15 is 0 Å². The van der Waals surface area contributed by atoms with Crippen LogP contribution in [0.25, 0.3) is 39.5 Å². The number of amides is 1. The maximum Gasteiger partial charge on any atom is 0.483 e. The Bertz CT molecular complexity index is 2990. The first-order valence-corrected chi connectivity index (χ1v) is 22.5. The molecule has 28 heteroatoms. The van der Waals surface area contributed by atoms with E-state index in [4.69, 9.17) is 13.9 Å². The predicted octanol–water partition coefficient (Wildman–Crippen LogP) is -1.07. The Morgan fingerprint density at radius 3 is 2.30 bits per heavy atom. The Morgan fingerprint density at radius 1 is 0.851 bits per heavy atom. The fourth-order valence-electron chi connectivity index (χ4n) is 7.20. The van der Waals surface area contributed by atoms with Crippen LogP contribution in [-0.4, -0.2) is 141 Å². The number of aliphatic hydroxyl groups excluding tert-OH is 6. The first-order valence-electron chi connectivity index (χ1n) is 19.5. The van der Waals surface area contributed by atoms with Crippen molar-refractivity contribution in [2.75, 3.05) is 19.8 Å². The number of aromatic carboxylic acids is 1. The van der Waals surface area contributed by atoms with E-state index < -0.39 is 113 Å². The number of phosphoric ester groups is 2. The number of aromatic hydroxyl groups is 1. The van der Waals surface area contributed by atoms with Crippen molar-refractivity contribution >= 4 is 44.6 Å². The van der Waals surface area contributed by atoms with E-state index in [9.17, 15) is 83.7 Å². The van der Waals surface area contributed by atoms with Gasteiger partial charge in [-0.2, -0.15) is 4.31 Å². The molecule has 4 heterocycles. The number of phosphoric acid groups is 2. The van der Waals surface area contributed by atoms with Crippen LogP contribution >= 0.6 is 15.6 Å². The maximum absolute atomic E-state index is 13.4. The lowest BCUT2D eigenvalue weighted by atomic mass is 9.89. The van der Waals surface area contributed by atoms with Gasteiger partial charge in [-0.05, 0) is 48.0 Å². The number of phenols is 1. The SMILES string of the molecule is O=C(NC/C=C/c1cn([C@@H]2O[C@H](COP(=O)(O)OP(=O)(O)O[C@@H]3OC(CO)[C@@H](O)[C@@H](O)C3O)[C@@H](O)[C@H]2O)c(=O)[nH]c1=O)c1ccc(C(=O)O)c(-c2c3ccc(=O)cc-3oc3cc(O)ccc23)c1. The number of H-pyrrole nitrogens is 1. The third kappa shape index (κ3) is 10.5. The molecule has 26 nitrogen and oxygen atoms in total. The van der Waals surface area contributed by atoms with E-state index in [-0.39, 0.29) is 45.9 Å². The summed E-state index contributed by atoms with van der Waals surface area (Å²) in [5.74, 6) is -2.13. The quantitative estimate of drug-likeness (QED) is 0.0439. The number of carboxylic acids is 1. The molecule has 67 heavy (non-hydrogen) atoms. The average Bonchev–Trinajstić information content (AvgIpc) is 3.54. The summed E-state index contributed by atoms with van der Waals surface area (Å²) < 4.78 is 55.2. The largest absolute Gasteiger partial charge is 0.508 e. The van der Waals surface area contributed by atoms with Crippen molar-refractivity contribution in [1.82, 2.24) is 14.9 Å². The molecule has 11 atom stereocenters. The predicted molar refractivity (Wildman–Crippen MR) is 223 cm³/mol. The van der Waals surface area contributed by atoms with Crippen LogP contribution in [0.4, 0.5) is 0 Å². The number of carbonyl (C=O) groups is 2. The number of benzene rings is 3. The second-order valence-electron chi connectivity index (χ2n) is 14.9. The second kappa shape index (κ2) is 19.4. The van der Waals surface area contributed by atoms with Gasteiger partial charge in [0.15, 0.2) is 17.9 Å². The number of aliphatic hydroxyl groups is 6. The van der Waals surface area contributed by atoms with Gasteiger partial charge in [-0.1, -0.05) is 12.2 Å². The van der Waals surface area contributed by atoms with E-state index in [0.29, 0.717) is 21.1 Å². The minimum Gasteiger partial charge on any atom is -0.508 e. The van der Waals surface area contributed by atoms with Crippen molar-refractivity contribution in [3.05, 3.63) is 115 Å². The topological polar surface area (TPSA) is 414 Å². The molecule has 2 aromatic carbocycles. The van der Waals surface area contributed by atoms with Crippen molar-refractivity contribution in [1.29, 1.82) is 0 Å². The number of fused-ring (bicyclic) bond motifs is 2. The standard InChI is InChI=1S/C39H39N3O23P2/c43-14-26-29(46)31(48)33(50)38(63-26)64-67(58,59)65-66(56,57)60-15-27-30(47)32(49)36(62-27)42-13-17(35(52)41-39(42)55)2-1-9-40-34(51)16-3-6-20(37(53)54)23(10-16)28-21-7-4-18(44)11-24(21)61-25-12-19(45)5-8-22(25)28/h1-8,10-13,26-27,29-33,36,38,43-44,46-50H,9,14-15H2,(H,40,51)(H,53,54)(H,56,57)(H,58,59)(H,41,52,55)/b2-1+/t26?,27-,29-,30-,31-,32-,33?,36-,38+/m1/s1. The Hall–Kier alpha value is -5.77. The van der Waals surface area contributed by atoms with Crippen molar-refractivity contribution < 1.29 is 96.6 Å². The first kappa shape index (κ1) is 49.1. The van der Waals surface area contributed by atoms with Gasteiger partial charge in [0.05, 0.1) is 24.3 Å². The second-order valence-corrected chi connectivity index (χ2v) is 17.9. The number of rotatable bonds is 15. The van der Waals surface area contributed by atoms with Gasteiger partial charge in [0, 0.05) is 47.0 Å². The molecule has 7 rings (SSSR count). The molecule has 1 amide bonds. The molecule has 358 valence electrons. The summed E-state index contributed by atoms with van der Waals surface area (Å²) in [4.78, 5) is 85.7. The van der Waals surface area contributed by atoms with Gasteiger partial charge in [-0.15, -0.1) is 0 Å². The van der Waals surface area contributed by atoms with E-state index in [1.807, 2.05) is 4.98 Å². The van der Waals surface area contributed by atoms with Gasteiger partial charge in [0.1, 0.15) is 59.8 Å². The van der Waals surface area contributed by atoms with E-state index in [0.717, 1.165) is 12.3 Å². The number of carboxylic acid groups (broad SMARTS) is 1. The normalized spacial score (nSPS) is 26.1.